The molecule has 3 nitrogen and oxygen atoms in total. The summed E-state index contributed by atoms with van der Waals surface area (Å²) in [4.78, 5) is 2.35. The number of benzene rings is 10. The molecule has 0 N–H and O–H groups in total. The van der Waals surface area contributed by atoms with Gasteiger partial charge in [-0.2, -0.15) is 5.26 Å². The van der Waals surface area contributed by atoms with Gasteiger partial charge in [-0.05, 0) is 121 Å². The predicted octanol–water partition coefficient (Wildman–Crippen LogP) is 16.2. The standard InChI is InChI=1S/C60H38N2O/c61-38-39-26-35-52-51-18-4-5-20-54(51)59(56(52)36-39)44-16-8-17-47(37-44)62(46-33-29-42(30-34-46)50-23-11-24-55-53-19-6-7-25-57(53)63-60(50)55)45-31-27-41(28-32-45)49-22-10-15-43-14-9-21-48(58(43)49)40-12-2-1-3-13-40/h1-37,59H. The van der Waals surface area contributed by atoms with Crippen molar-refractivity contribution in [1.29, 1.82) is 5.26 Å². The molecular weight excluding hydrogens is 765 g/mol. The third kappa shape index (κ3) is 6.11. The molecule has 294 valence electrons. The normalized spacial score (nSPS) is 12.9. The van der Waals surface area contributed by atoms with Gasteiger partial charge in [-0.25, -0.2) is 0 Å². The van der Waals surface area contributed by atoms with Crippen LogP contribution < -0.4 is 4.90 Å². The van der Waals surface area contributed by atoms with Crippen molar-refractivity contribution < 1.29 is 4.42 Å². The molecule has 0 aliphatic heterocycles. The van der Waals surface area contributed by atoms with Gasteiger partial charge in [-0.3, -0.25) is 0 Å². The van der Waals surface area contributed by atoms with Crippen molar-refractivity contribution in [2.24, 2.45) is 0 Å². The van der Waals surface area contributed by atoms with Gasteiger partial charge < -0.3 is 9.32 Å². The molecule has 1 aromatic heterocycles. The fourth-order valence-electron chi connectivity index (χ4n) is 9.92. The molecule has 12 rings (SSSR count). The quantitative estimate of drug-likeness (QED) is 0.161. The molecule has 1 aliphatic rings. The van der Waals surface area contributed by atoms with Crippen LogP contribution in [0.2, 0.25) is 0 Å². The van der Waals surface area contributed by atoms with Crippen LogP contribution in [-0.4, -0.2) is 0 Å². The lowest BCUT2D eigenvalue weighted by molar-refractivity contribution is 0.670. The summed E-state index contributed by atoms with van der Waals surface area (Å²) in [5, 5.41) is 14.6. The molecule has 11 aromatic rings. The minimum Gasteiger partial charge on any atom is -0.455 e. The maximum atomic E-state index is 9.94. The Morgan fingerprint density at radius 1 is 0.413 bits per heavy atom. The molecule has 10 aromatic carbocycles. The summed E-state index contributed by atoms with van der Waals surface area (Å²) < 4.78 is 6.46. The van der Waals surface area contributed by atoms with Crippen LogP contribution in [0.3, 0.4) is 0 Å². The van der Waals surface area contributed by atoms with Crippen LogP contribution in [0.25, 0.3) is 77.2 Å². The van der Waals surface area contributed by atoms with Crippen molar-refractivity contribution in [1.82, 2.24) is 0 Å². The summed E-state index contributed by atoms with van der Waals surface area (Å²) in [6, 6.07) is 82.4. The number of rotatable bonds is 7. The molecule has 1 unspecified atom stereocenters. The Balaban J connectivity index is 0.992. The Kier molecular flexibility index (Phi) is 8.62. The summed E-state index contributed by atoms with van der Waals surface area (Å²) in [6.45, 7) is 0. The van der Waals surface area contributed by atoms with Gasteiger partial charge in [0, 0.05) is 39.3 Å². The molecular formula is C60H38N2O. The molecule has 63 heavy (non-hydrogen) atoms. The van der Waals surface area contributed by atoms with Gasteiger partial charge in [0.25, 0.3) is 0 Å². The molecule has 0 fully saturated rings. The summed E-state index contributed by atoms with van der Waals surface area (Å²) in [7, 11) is 0. The number of furan rings is 1. The number of anilines is 3. The molecule has 0 saturated carbocycles. The minimum atomic E-state index is -0.00878. The monoisotopic (exact) mass is 802 g/mol. The molecule has 0 bridgehead atoms. The lowest BCUT2D eigenvalue weighted by atomic mass is 9.88. The van der Waals surface area contributed by atoms with Gasteiger partial charge in [0.15, 0.2) is 0 Å². The number of fused-ring (bicyclic) bond motifs is 7. The van der Waals surface area contributed by atoms with Crippen molar-refractivity contribution in [3.05, 3.63) is 247 Å². The zero-order chi connectivity index (χ0) is 41.9. The van der Waals surface area contributed by atoms with Gasteiger partial charge in [-0.15, -0.1) is 0 Å². The summed E-state index contributed by atoms with van der Waals surface area (Å²) in [5.41, 5.74) is 18.5. The van der Waals surface area contributed by atoms with E-state index in [1.54, 1.807) is 0 Å². The van der Waals surface area contributed by atoms with E-state index in [1.165, 1.54) is 49.7 Å². The van der Waals surface area contributed by atoms with E-state index < -0.39 is 0 Å². The SMILES string of the molecule is N#Cc1ccc2c(c1)C(c1cccc(N(c3ccc(-c4cccc5c4oc4ccccc45)cc3)c3ccc(-c4cccc5cccc(-c6ccccc6)c45)cc3)c1)c1ccccc1-2. The van der Waals surface area contributed by atoms with E-state index >= 15 is 0 Å². The Hall–Kier alpha value is -8.45. The van der Waals surface area contributed by atoms with Crippen molar-refractivity contribution in [2.45, 2.75) is 5.92 Å². The second kappa shape index (κ2) is 14.9. The van der Waals surface area contributed by atoms with Crippen molar-refractivity contribution in [3.8, 4) is 50.6 Å². The topological polar surface area (TPSA) is 40.2 Å². The van der Waals surface area contributed by atoms with E-state index in [4.69, 9.17) is 4.42 Å². The Morgan fingerprint density at radius 3 is 1.76 bits per heavy atom. The zero-order valence-corrected chi connectivity index (χ0v) is 34.2. The number of hydrogen-bond acceptors (Lipinski definition) is 3. The first-order chi connectivity index (χ1) is 31.2. The van der Waals surface area contributed by atoms with Crippen LogP contribution in [0.15, 0.2) is 229 Å². The van der Waals surface area contributed by atoms with E-state index in [0.717, 1.165) is 61.3 Å². The third-order valence-corrected chi connectivity index (χ3v) is 12.8. The van der Waals surface area contributed by atoms with Gasteiger partial charge in [0.1, 0.15) is 11.2 Å². The number of nitrogens with zero attached hydrogens (tertiary/aromatic N) is 2. The van der Waals surface area contributed by atoms with E-state index in [0.29, 0.717) is 5.56 Å². The second-order valence-corrected chi connectivity index (χ2v) is 16.3. The van der Waals surface area contributed by atoms with E-state index in [1.807, 2.05) is 18.2 Å². The van der Waals surface area contributed by atoms with Crippen molar-refractivity contribution in [2.75, 3.05) is 4.90 Å². The average molecular weight is 803 g/mol. The highest BCUT2D eigenvalue weighted by molar-refractivity contribution is 6.10. The van der Waals surface area contributed by atoms with Crippen molar-refractivity contribution in [3.63, 3.8) is 0 Å². The van der Waals surface area contributed by atoms with Crippen molar-refractivity contribution >= 4 is 49.8 Å². The highest BCUT2D eigenvalue weighted by atomic mass is 16.3. The lowest BCUT2D eigenvalue weighted by Crippen LogP contribution is -2.11. The number of hydrogen-bond donors (Lipinski definition) is 0. The molecule has 0 amide bonds. The third-order valence-electron chi connectivity index (χ3n) is 12.8. The second-order valence-electron chi connectivity index (χ2n) is 16.3. The molecule has 0 saturated heterocycles. The maximum absolute atomic E-state index is 9.94. The molecule has 1 heterocycles. The molecule has 1 aliphatic carbocycles. The zero-order valence-electron chi connectivity index (χ0n) is 34.2. The molecule has 1 atom stereocenters. The van der Waals surface area contributed by atoms with Crippen LogP contribution in [-0.2, 0) is 0 Å². The van der Waals surface area contributed by atoms with Crippen LogP contribution in [0, 0.1) is 11.3 Å². The van der Waals surface area contributed by atoms with Crippen LogP contribution in [0.5, 0.6) is 0 Å². The number of nitriles is 1. The van der Waals surface area contributed by atoms with Crippen LogP contribution in [0.1, 0.15) is 28.2 Å². The molecule has 3 heteroatoms. The fourth-order valence-corrected chi connectivity index (χ4v) is 9.92. The van der Waals surface area contributed by atoms with Gasteiger partial charge in [0.2, 0.25) is 0 Å². The van der Waals surface area contributed by atoms with E-state index in [2.05, 4.69) is 217 Å². The highest BCUT2D eigenvalue weighted by Crippen LogP contribution is 2.49. The largest absolute Gasteiger partial charge is 0.455 e. The Bertz CT molecular complexity index is 3570. The predicted molar refractivity (Wildman–Crippen MR) is 260 cm³/mol. The fraction of sp³-hybridized carbons (Fsp3) is 0.0167. The average Bonchev–Trinajstić information content (AvgIpc) is 3.90. The summed E-state index contributed by atoms with van der Waals surface area (Å²) >= 11 is 0. The molecule has 0 radical (unpaired) electrons. The Morgan fingerprint density at radius 2 is 1.00 bits per heavy atom. The van der Waals surface area contributed by atoms with Crippen LogP contribution >= 0.6 is 0 Å². The Labute approximate surface area is 366 Å². The summed E-state index contributed by atoms with van der Waals surface area (Å²) in [6.07, 6.45) is 0. The summed E-state index contributed by atoms with van der Waals surface area (Å²) in [5.74, 6) is -0.00878. The minimum absolute atomic E-state index is 0.00878. The first-order valence-corrected chi connectivity index (χ1v) is 21.4. The molecule has 0 spiro atoms. The highest BCUT2D eigenvalue weighted by Gasteiger charge is 2.30. The maximum Gasteiger partial charge on any atom is 0.143 e. The first-order valence-electron chi connectivity index (χ1n) is 21.4. The van der Waals surface area contributed by atoms with E-state index in [9.17, 15) is 5.26 Å². The van der Waals surface area contributed by atoms with E-state index in [-0.39, 0.29) is 5.92 Å². The van der Waals surface area contributed by atoms with Gasteiger partial charge in [0.05, 0.1) is 11.6 Å². The van der Waals surface area contributed by atoms with Crippen LogP contribution in [0.4, 0.5) is 17.1 Å². The number of para-hydroxylation sites is 2. The van der Waals surface area contributed by atoms with Gasteiger partial charge >= 0.3 is 0 Å². The van der Waals surface area contributed by atoms with Gasteiger partial charge in [-0.1, -0.05) is 170 Å². The smallest absolute Gasteiger partial charge is 0.143 e. The lowest BCUT2D eigenvalue weighted by Gasteiger charge is -2.27. The first kappa shape index (κ1) is 36.4.